The smallest absolute Gasteiger partial charge is 0.138 e. The Kier molecular flexibility index (Phi) is 5.24. The molecule has 1 unspecified atom stereocenters. The van der Waals surface area contributed by atoms with Crippen molar-refractivity contribution in [3.63, 3.8) is 0 Å². The lowest BCUT2D eigenvalue weighted by Gasteiger charge is -2.18. The van der Waals surface area contributed by atoms with Gasteiger partial charge in [0.1, 0.15) is 12.2 Å². The zero-order chi connectivity index (χ0) is 14.4. The number of aromatic nitrogens is 4. The average molecular weight is 273 g/mol. The molecule has 108 valence electrons. The van der Waals surface area contributed by atoms with E-state index in [1.54, 1.807) is 6.33 Å². The molecule has 0 bridgehead atoms. The maximum absolute atomic E-state index is 4.40. The van der Waals surface area contributed by atoms with Crippen LogP contribution in [0.2, 0.25) is 0 Å². The highest BCUT2D eigenvalue weighted by molar-refractivity contribution is 5.12. The van der Waals surface area contributed by atoms with Gasteiger partial charge < -0.3 is 5.32 Å². The lowest BCUT2D eigenvalue weighted by atomic mass is 10.0. The Balaban J connectivity index is 2.07. The van der Waals surface area contributed by atoms with E-state index in [2.05, 4.69) is 53.3 Å². The highest BCUT2D eigenvalue weighted by Crippen LogP contribution is 2.10. The summed E-state index contributed by atoms with van der Waals surface area (Å²) in [5.74, 6) is 1.04. The van der Waals surface area contributed by atoms with Gasteiger partial charge in [-0.15, -0.1) is 0 Å². The minimum atomic E-state index is 0.343. The fourth-order valence-corrected chi connectivity index (χ4v) is 2.38. The molecular formula is C15H23N5. The first-order valence-corrected chi connectivity index (χ1v) is 7.21. The van der Waals surface area contributed by atoms with Crippen LogP contribution >= 0.6 is 0 Å². The predicted molar refractivity (Wildman–Crippen MR) is 79.5 cm³/mol. The van der Waals surface area contributed by atoms with E-state index in [0.29, 0.717) is 12.1 Å². The summed E-state index contributed by atoms with van der Waals surface area (Å²) in [6.07, 6.45) is 7.18. The molecule has 0 aromatic carbocycles. The second-order valence-electron chi connectivity index (χ2n) is 5.23. The van der Waals surface area contributed by atoms with E-state index < -0.39 is 0 Å². The molecule has 2 aromatic rings. The SMILES string of the molecule is CCNC(Cc1ccncc1)Cc1ncnn1C(C)C. The van der Waals surface area contributed by atoms with Crippen LogP contribution in [0.15, 0.2) is 30.9 Å². The first kappa shape index (κ1) is 14.7. The van der Waals surface area contributed by atoms with E-state index in [1.807, 2.05) is 17.1 Å². The van der Waals surface area contributed by atoms with Crippen molar-refractivity contribution in [2.75, 3.05) is 6.54 Å². The van der Waals surface area contributed by atoms with Crippen molar-refractivity contribution >= 4 is 0 Å². The van der Waals surface area contributed by atoms with E-state index in [0.717, 1.165) is 25.2 Å². The highest BCUT2D eigenvalue weighted by atomic mass is 15.3. The van der Waals surface area contributed by atoms with Crippen LogP contribution in [-0.4, -0.2) is 32.3 Å². The van der Waals surface area contributed by atoms with Gasteiger partial charge in [-0.05, 0) is 44.5 Å². The maximum Gasteiger partial charge on any atom is 0.138 e. The van der Waals surface area contributed by atoms with Crippen molar-refractivity contribution in [1.82, 2.24) is 25.1 Å². The minimum Gasteiger partial charge on any atom is -0.313 e. The summed E-state index contributed by atoms with van der Waals surface area (Å²) in [5.41, 5.74) is 1.29. The van der Waals surface area contributed by atoms with Crippen molar-refractivity contribution in [2.24, 2.45) is 0 Å². The lowest BCUT2D eigenvalue weighted by Crippen LogP contribution is -2.34. The molecule has 0 radical (unpaired) electrons. The molecule has 1 N–H and O–H groups in total. The van der Waals surface area contributed by atoms with E-state index >= 15 is 0 Å². The number of nitrogens with one attached hydrogen (secondary N) is 1. The molecule has 0 aliphatic carbocycles. The van der Waals surface area contributed by atoms with E-state index in [4.69, 9.17) is 0 Å². The van der Waals surface area contributed by atoms with E-state index in [1.165, 1.54) is 5.56 Å². The third kappa shape index (κ3) is 3.87. The van der Waals surface area contributed by atoms with Crippen molar-refractivity contribution in [1.29, 1.82) is 0 Å². The van der Waals surface area contributed by atoms with Crippen LogP contribution in [-0.2, 0) is 12.8 Å². The summed E-state index contributed by atoms with van der Waals surface area (Å²) in [5, 5.41) is 7.84. The van der Waals surface area contributed by atoms with E-state index in [9.17, 15) is 0 Å². The number of likely N-dealkylation sites (N-methyl/N-ethyl adjacent to an activating group) is 1. The summed E-state index contributed by atoms with van der Waals surface area (Å²) in [4.78, 5) is 8.47. The van der Waals surface area contributed by atoms with Gasteiger partial charge in [0, 0.05) is 30.9 Å². The molecule has 5 heteroatoms. The summed E-state index contributed by atoms with van der Waals surface area (Å²) in [7, 11) is 0. The van der Waals surface area contributed by atoms with Crippen LogP contribution in [0, 0.1) is 0 Å². The monoisotopic (exact) mass is 273 g/mol. The van der Waals surface area contributed by atoms with Gasteiger partial charge >= 0.3 is 0 Å². The van der Waals surface area contributed by atoms with Crippen LogP contribution < -0.4 is 5.32 Å². The van der Waals surface area contributed by atoms with Crippen LogP contribution in [0.25, 0.3) is 0 Å². The quantitative estimate of drug-likeness (QED) is 0.838. The Bertz CT molecular complexity index is 506. The van der Waals surface area contributed by atoms with Crippen molar-refractivity contribution in [3.05, 3.63) is 42.2 Å². The summed E-state index contributed by atoms with van der Waals surface area (Å²) in [6.45, 7) is 7.34. The van der Waals surface area contributed by atoms with Crippen LogP contribution in [0.1, 0.15) is 38.2 Å². The molecule has 0 saturated heterocycles. The molecular weight excluding hydrogens is 250 g/mol. The van der Waals surface area contributed by atoms with Crippen LogP contribution in [0.5, 0.6) is 0 Å². The van der Waals surface area contributed by atoms with Gasteiger partial charge in [0.15, 0.2) is 0 Å². The predicted octanol–water partition coefficient (Wildman–Crippen LogP) is 2.02. The van der Waals surface area contributed by atoms with Crippen molar-refractivity contribution in [2.45, 2.75) is 45.7 Å². The molecule has 2 heterocycles. The molecule has 0 fully saturated rings. The number of hydrogen-bond donors (Lipinski definition) is 1. The second kappa shape index (κ2) is 7.14. The third-order valence-electron chi connectivity index (χ3n) is 3.29. The number of pyridine rings is 1. The summed E-state index contributed by atoms with van der Waals surface area (Å²) in [6, 6.07) is 4.84. The van der Waals surface area contributed by atoms with Gasteiger partial charge in [0.2, 0.25) is 0 Å². The highest BCUT2D eigenvalue weighted by Gasteiger charge is 2.15. The molecule has 0 aliphatic heterocycles. The molecule has 0 aliphatic rings. The molecule has 0 saturated carbocycles. The topological polar surface area (TPSA) is 55.6 Å². The zero-order valence-corrected chi connectivity index (χ0v) is 12.5. The van der Waals surface area contributed by atoms with Crippen LogP contribution in [0.3, 0.4) is 0 Å². The Morgan fingerprint density at radius 1 is 1.20 bits per heavy atom. The minimum absolute atomic E-state index is 0.343. The summed E-state index contributed by atoms with van der Waals surface area (Å²) >= 11 is 0. The number of nitrogens with zero attached hydrogens (tertiary/aromatic N) is 4. The standard InChI is InChI=1S/C15H23N5/c1-4-17-14(9-13-5-7-16-8-6-13)10-15-18-11-19-20(15)12(2)3/h5-8,11-12,14,17H,4,9-10H2,1-3H3. The lowest BCUT2D eigenvalue weighted by molar-refractivity contribution is 0.459. The van der Waals surface area contributed by atoms with Crippen molar-refractivity contribution in [3.8, 4) is 0 Å². The molecule has 0 amide bonds. The molecule has 5 nitrogen and oxygen atoms in total. The fraction of sp³-hybridized carbons (Fsp3) is 0.533. The Morgan fingerprint density at radius 2 is 1.95 bits per heavy atom. The Hall–Kier alpha value is -1.75. The third-order valence-corrected chi connectivity index (χ3v) is 3.29. The first-order chi connectivity index (χ1) is 9.70. The number of rotatable bonds is 7. The summed E-state index contributed by atoms with van der Waals surface area (Å²) < 4.78 is 2.00. The molecule has 2 rings (SSSR count). The number of hydrogen-bond acceptors (Lipinski definition) is 4. The van der Waals surface area contributed by atoms with Gasteiger partial charge in [-0.25, -0.2) is 9.67 Å². The van der Waals surface area contributed by atoms with Gasteiger partial charge in [-0.2, -0.15) is 5.10 Å². The largest absolute Gasteiger partial charge is 0.313 e. The van der Waals surface area contributed by atoms with Crippen molar-refractivity contribution < 1.29 is 0 Å². The van der Waals surface area contributed by atoms with Crippen LogP contribution in [0.4, 0.5) is 0 Å². The zero-order valence-electron chi connectivity index (χ0n) is 12.5. The van der Waals surface area contributed by atoms with E-state index in [-0.39, 0.29) is 0 Å². The molecule has 20 heavy (non-hydrogen) atoms. The maximum atomic E-state index is 4.40. The van der Waals surface area contributed by atoms with Gasteiger partial charge in [-0.1, -0.05) is 6.92 Å². The van der Waals surface area contributed by atoms with Gasteiger partial charge in [-0.3, -0.25) is 4.98 Å². The average Bonchev–Trinajstić information content (AvgIpc) is 2.88. The Morgan fingerprint density at radius 3 is 2.60 bits per heavy atom. The normalized spacial score (nSPS) is 12.8. The molecule has 2 aromatic heterocycles. The van der Waals surface area contributed by atoms with Gasteiger partial charge in [0.25, 0.3) is 0 Å². The second-order valence-corrected chi connectivity index (χ2v) is 5.23. The Labute approximate surface area is 120 Å². The molecule has 1 atom stereocenters. The molecule has 0 spiro atoms. The fourth-order valence-electron chi connectivity index (χ4n) is 2.38. The first-order valence-electron chi connectivity index (χ1n) is 7.21. The van der Waals surface area contributed by atoms with Gasteiger partial charge in [0.05, 0.1) is 0 Å².